The number of carbonyl (C=O) groups excluding carboxylic acids is 1. The molecule has 0 bridgehead atoms. The van der Waals surface area contributed by atoms with E-state index >= 15 is 0 Å². The van der Waals surface area contributed by atoms with E-state index in [1.807, 2.05) is 13.8 Å². The summed E-state index contributed by atoms with van der Waals surface area (Å²) in [7, 11) is -4.12. The lowest BCUT2D eigenvalue weighted by atomic mass is 9.99. The first-order valence-corrected chi connectivity index (χ1v) is 16.3. The van der Waals surface area contributed by atoms with E-state index in [9.17, 15) is 33.3 Å². The lowest BCUT2D eigenvalue weighted by molar-refractivity contribution is -0.131. The van der Waals surface area contributed by atoms with Crippen molar-refractivity contribution >= 4 is 28.2 Å². The largest absolute Gasteiger partial charge is 0.465 e. The van der Waals surface area contributed by atoms with Gasteiger partial charge in [-0.05, 0) is 48.1 Å². The molecule has 0 fully saturated rings. The lowest BCUT2D eigenvalue weighted by Crippen LogP contribution is -2.59. The van der Waals surface area contributed by atoms with Gasteiger partial charge < -0.3 is 25.8 Å². The van der Waals surface area contributed by atoms with Crippen molar-refractivity contribution in [2.45, 2.75) is 62.9 Å². The summed E-state index contributed by atoms with van der Waals surface area (Å²) in [6.07, 6.45) is -3.01. The lowest BCUT2D eigenvalue weighted by Gasteiger charge is -2.34. The van der Waals surface area contributed by atoms with Crippen LogP contribution in [0.2, 0.25) is 0 Å². The summed E-state index contributed by atoms with van der Waals surface area (Å²) in [6.45, 7) is 4.48. The van der Waals surface area contributed by atoms with E-state index in [1.54, 1.807) is 60.7 Å². The molecule has 13 heteroatoms. The van der Waals surface area contributed by atoms with E-state index in [2.05, 4.69) is 10.5 Å². The van der Waals surface area contributed by atoms with E-state index in [4.69, 9.17) is 5.21 Å². The number of carboxylic acid groups (broad SMARTS) is 1. The average molecular weight is 655 g/mol. The van der Waals surface area contributed by atoms with Gasteiger partial charge in [0.25, 0.3) is 0 Å². The van der Waals surface area contributed by atoms with Gasteiger partial charge in [0.05, 0.1) is 29.4 Å². The van der Waals surface area contributed by atoms with Crippen molar-refractivity contribution in [3.63, 3.8) is 0 Å². The highest BCUT2D eigenvalue weighted by Gasteiger charge is 2.37. The molecular weight excluding hydrogens is 612 g/mol. The van der Waals surface area contributed by atoms with Gasteiger partial charge >= 0.3 is 6.09 Å². The molecule has 3 aromatic rings. The van der Waals surface area contributed by atoms with Gasteiger partial charge in [-0.2, -0.15) is 4.31 Å². The minimum atomic E-state index is -4.12. The molecule has 5 N–H and O–H groups in total. The number of carbonyl (C=O) groups is 2. The summed E-state index contributed by atoms with van der Waals surface area (Å²) in [6, 6.07) is 20.7. The quantitative estimate of drug-likeness (QED) is 0.0888. The van der Waals surface area contributed by atoms with Crippen molar-refractivity contribution in [3.05, 3.63) is 102 Å². The van der Waals surface area contributed by atoms with Crippen LogP contribution >= 0.6 is 0 Å². The second-order valence-corrected chi connectivity index (χ2v) is 13.4. The number of nitrogens with zero attached hydrogens (tertiary/aromatic N) is 3. The van der Waals surface area contributed by atoms with Crippen molar-refractivity contribution < 1.29 is 38.5 Å². The van der Waals surface area contributed by atoms with Crippen LogP contribution in [0.4, 0.5) is 4.79 Å². The number of amides is 2. The van der Waals surface area contributed by atoms with Crippen LogP contribution in [0.15, 0.2) is 95.0 Å². The van der Waals surface area contributed by atoms with Gasteiger partial charge in [-0.1, -0.05) is 91.8 Å². The first kappa shape index (κ1) is 36.2. The molecule has 0 heterocycles. The molecule has 0 spiro atoms. The summed E-state index contributed by atoms with van der Waals surface area (Å²) in [5.41, 5.74) is 1.83. The van der Waals surface area contributed by atoms with E-state index in [0.29, 0.717) is 11.1 Å². The fourth-order valence-corrected chi connectivity index (χ4v) is 6.68. The third-order valence-corrected chi connectivity index (χ3v) is 9.12. The minimum absolute atomic E-state index is 0.0359. The van der Waals surface area contributed by atoms with E-state index in [1.165, 1.54) is 31.2 Å². The van der Waals surface area contributed by atoms with Crippen molar-refractivity contribution in [2.24, 2.45) is 11.1 Å². The van der Waals surface area contributed by atoms with Crippen LogP contribution < -0.4 is 5.32 Å². The zero-order chi connectivity index (χ0) is 33.9. The molecule has 4 atom stereocenters. The standard InChI is InChI=1S/C33H42N4O8S/c1-23(2)20-36(46(44,45)28-16-14-26(15-17-28)19-34-43)22-30(39)29(18-25-10-6-4-7-11-25)35-32(40)31(24(3)38)37(33(41)42)21-27-12-8-5-9-13-27/h4-17,19,23-24,29-31,38-39,43H,18,20-22H2,1-3H3,(H,35,40)(H,41,42)/t24-,29+,30-,31+/m1/s1. The van der Waals surface area contributed by atoms with Crippen molar-refractivity contribution in [2.75, 3.05) is 13.1 Å². The number of aliphatic hydroxyl groups is 2. The molecule has 12 nitrogen and oxygen atoms in total. The maximum Gasteiger partial charge on any atom is 0.408 e. The molecule has 0 aliphatic carbocycles. The fraction of sp³-hybridized carbons (Fsp3) is 0.364. The monoisotopic (exact) mass is 654 g/mol. The molecule has 0 saturated heterocycles. The zero-order valence-electron chi connectivity index (χ0n) is 26.0. The number of hydrogen-bond donors (Lipinski definition) is 5. The minimum Gasteiger partial charge on any atom is -0.465 e. The first-order chi connectivity index (χ1) is 21.8. The fourth-order valence-electron chi connectivity index (χ4n) is 5.06. The molecule has 3 rings (SSSR count). The predicted octanol–water partition coefficient (Wildman–Crippen LogP) is 3.16. The van der Waals surface area contributed by atoms with Crippen LogP contribution in [0.5, 0.6) is 0 Å². The van der Waals surface area contributed by atoms with Gasteiger partial charge in [0.15, 0.2) is 0 Å². The molecule has 0 unspecified atom stereocenters. The number of hydrogen-bond acceptors (Lipinski definition) is 8. The van der Waals surface area contributed by atoms with Gasteiger partial charge in [-0.25, -0.2) is 13.2 Å². The van der Waals surface area contributed by atoms with E-state index in [-0.39, 0.29) is 36.9 Å². The Morgan fingerprint density at radius 2 is 1.43 bits per heavy atom. The summed E-state index contributed by atoms with van der Waals surface area (Å²) < 4.78 is 28.6. The summed E-state index contributed by atoms with van der Waals surface area (Å²) in [4.78, 5) is 26.9. The number of sulfonamides is 1. The van der Waals surface area contributed by atoms with Crippen LogP contribution in [-0.2, 0) is 27.8 Å². The Morgan fingerprint density at radius 3 is 1.93 bits per heavy atom. The SMILES string of the molecule is CC(C)CN(C[C@@H](O)[C@H](Cc1ccccc1)NC(=O)[C@H]([C@@H](C)O)N(Cc1ccccc1)C(=O)O)S(=O)(=O)c1ccc(C=NO)cc1. The maximum atomic E-state index is 13.8. The topological polar surface area (TPSA) is 180 Å². The molecule has 0 aliphatic rings. The Labute approximate surface area is 269 Å². The number of nitrogens with one attached hydrogen (secondary N) is 1. The first-order valence-electron chi connectivity index (χ1n) is 14.8. The summed E-state index contributed by atoms with van der Waals surface area (Å²) in [5, 5.41) is 46.7. The van der Waals surface area contributed by atoms with E-state index in [0.717, 1.165) is 21.0 Å². The number of oxime groups is 1. The smallest absolute Gasteiger partial charge is 0.408 e. The molecule has 248 valence electrons. The normalized spacial score (nSPS) is 14.6. The highest BCUT2D eigenvalue weighted by atomic mass is 32.2. The van der Waals surface area contributed by atoms with Crippen LogP contribution in [0, 0.1) is 5.92 Å². The van der Waals surface area contributed by atoms with Crippen LogP contribution in [0.25, 0.3) is 0 Å². The summed E-state index contributed by atoms with van der Waals surface area (Å²) in [5.74, 6) is -0.959. The summed E-state index contributed by atoms with van der Waals surface area (Å²) >= 11 is 0. The predicted molar refractivity (Wildman–Crippen MR) is 173 cm³/mol. The molecule has 2 amide bonds. The second kappa shape index (κ2) is 16.9. The van der Waals surface area contributed by atoms with E-state index < -0.39 is 46.3 Å². The van der Waals surface area contributed by atoms with Crippen LogP contribution in [-0.4, -0.2) is 93.7 Å². The number of benzene rings is 3. The Kier molecular flexibility index (Phi) is 13.2. The molecular formula is C33H42N4O8S. The highest BCUT2D eigenvalue weighted by molar-refractivity contribution is 7.89. The Bertz CT molecular complexity index is 1530. The third-order valence-electron chi connectivity index (χ3n) is 7.28. The molecule has 0 aromatic heterocycles. The molecule has 0 radical (unpaired) electrons. The molecule has 0 saturated carbocycles. The number of aliphatic hydroxyl groups excluding tert-OH is 2. The highest BCUT2D eigenvalue weighted by Crippen LogP contribution is 2.20. The van der Waals surface area contributed by atoms with Crippen LogP contribution in [0.3, 0.4) is 0 Å². The van der Waals surface area contributed by atoms with Gasteiger partial charge in [0, 0.05) is 19.6 Å². The second-order valence-electron chi connectivity index (χ2n) is 11.5. The Hall–Kier alpha value is -4.30. The van der Waals surface area contributed by atoms with Gasteiger partial charge in [-0.15, -0.1) is 0 Å². The van der Waals surface area contributed by atoms with Crippen molar-refractivity contribution in [1.82, 2.24) is 14.5 Å². The van der Waals surface area contributed by atoms with Crippen LogP contribution in [0.1, 0.15) is 37.5 Å². The van der Waals surface area contributed by atoms with Crippen molar-refractivity contribution in [3.8, 4) is 0 Å². The number of rotatable bonds is 16. The van der Waals surface area contributed by atoms with Gasteiger partial charge in [-0.3, -0.25) is 9.69 Å². The maximum absolute atomic E-state index is 13.8. The van der Waals surface area contributed by atoms with Gasteiger partial charge in [0.1, 0.15) is 6.04 Å². The van der Waals surface area contributed by atoms with Crippen molar-refractivity contribution in [1.29, 1.82) is 0 Å². The Morgan fingerprint density at radius 1 is 0.870 bits per heavy atom. The Balaban J connectivity index is 1.94. The third kappa shape index (κ3) is 10.1. The van der Waals surface area contributed by atoms with Gasteiger partial charge in [0.2, 0.25) is 15.9 Å². The molecule has 46 heavy (non-hydrogen) atoms. The molecule has 0 aliphatic heterocycles. The molecule has 3 aromatic carbocycles. The zero-order valence-corrected chi connectivity index (χ0v) is 26.9. The average Bonchev–Trinajstić information content (AvgIpc) is 3.01.